The molecular weight excluding hydrogens is 202 g/mol. The first-order valence-corrected chi connectivity index (χ1v) is 6.50. The second-order valence-corrected chi connectivity index (χ2v) is 5.23. The van der Waals surface area contributed by atoms with E-state index in [9.17, 15) is 9.90 Å². The summed E-state index contributed by atoms with van der Waals surface area (Å²) in [7, 11) is 0. The summed E-state index contributed by atoms with van der Waals surface area (Å²) < 4.78 is 0. The number of hydrogen-bond acceptors (Lipinski definition) is 2. The SMILES string of the molecule is CCC(C)C(O)CN1CCC(C)CCC1=O. The van der Waals surface area contributed by atoms with Gasteiger partial charge in [-0.2, -0.15) is 0 Å². The summed E-state index contributed by atoms with van der Waals surface area (Å²) in [6.07, 6.45) is 3.30. The van der Waals surface area contributed by atoms with Gasteiger partial charge in [-0.1, -0.05) is 27.2 Å². The minimum Gasteiger partial charge on any atom is -0.391 e. The molecule has 1 aliphatic heterocycles. The van der Waals surface area contributed by atoms with E-state index in [-0.39, 0.29) is 17.9 Å². The smallest absolute Gasteiger partial charge is 0.222 e. The molecule has 0 aliphatic carbocycles. The number of β-amino-alcohol motifs (C(OH)–C–C–N with tert-alkyl or cyclic N) is 1. The number of hydrogen-bond donors (Lipinski definition) is 1. The normalized spacial score (nSPS) is 26.4. The van der Waals surface area contributed by atoms with Crippen LogP contribution in [-0.4, -0.2) is 35.1 Å². The zero-order valence-corrected chi connectivity index (χ0v) is 10.8. The zero-order chi connectivity index (χ0) is 12.1. The Hall–Kier alpha value is -0.570. The van der Waals surface area contributed by atoms with Crippen molar-refractivity contribution >= 4 is 5.91 Å². The summed E-state index contributed by atoms with van der Waals surface area (Å²) >= 11 is 0. The third-order valence-electron chi connectivity index (χ3n) is 3.80. The van der Waals surface area contributed by atoms with Gasteiger partial charge in [-0.15, -0.1) is 0 Å². The second kappa shape index (κ2) is 6.24. The Morgan fingerprint density at radius 2 is 2.19 bits per heavy atom. The number of aliphatic hydroxyl groups is 1. The molecule has 3 nitrogen and oxygen atoms in total. The molecule has 0 bridgehead atoms. The Kier molecular flexibility index (Phi) is 5.26. The van der Waals surface area contributed by atoms with Crippen molar-refractivity contribution in [1.29, 1.82) is 0 Å². The van der Waals surface area contributed by atoms with Gasteiger partial charge in [0.15, 0.2) is 0 Å². The summed E-state index contributed by atoms with van der Waals surface area (Å²) in [6, 6.07) is 0. The minimum atomic E-state index is -0.373. The maximum absolute atomic E-state index is 11.8. The topological polar surface area (TPSA) is 40.5 Å². The Balaban J connectivity index is 2.48. The highest BCUT2D eigenvalue weighted by atomic mass is 16.3. The van der Waals surface area contributed by atoms with Crippen molar-refractivity contribution in [2.45, 2.75) is 52.6 Å². The first-order valence-electron chi connectivity index (χ1n) is 6.50. The standard InChI is InChI=1S/C13H25NO2/c1-4-11(3)12(15)9-14-8-7-10(2)5-6-13(14)16/h10-12,15H,4-9H2,1-3H3. The van der Waals surface area contributed by atoms with Crippen LogP contribution in [0.4, 0.5) is 0 Å². The molecule has 1 fully saturated rings. The van der Waals surface area contributed by atoms with Crippen LogP contribution in [0, 0.1) is 11.8 Å². The molecule has 0 aromatic rings. The van der Waals surface area contributed by atoms with Crippen molar-refractivity contribution in [1.82, 2.24) is 4.90 Å². The van der Waals surface area contributed by atoms with Gasteiger partial charge in [0, 0.05) is 19.5 Å². The van der Waals surface area contributed by atoms with E-state index < -0.39 is 0 Å². The molecule has 1 amide bonds. The van der Waals surface area contributed by atoms with Crippen molar-refractivity contribution in [2.24, 2.45) is 11.8 Å². The molecule has 1 rings (SSSR count). The molecule has 3 atom stereocenters. The molecule has 0 aromatic heterocycles. The Morgan fingerprint density at radius 3 is 2.81 bits per heavy atom. The van der Waals surface area contributed by atoms with Gasteiger partial charge in [-0.3, -0.25) is 4.79 Å². The summed E-state index contributed by atoms with van der Waals surface area (Å²) in [5.41, 5.74) is 0. The van der Waals surface area contributed by atoms with E-state index in [0.717, 1.165) is 25.8 Å². The van der Waals surface area contributed by atoms with Crippen LogP contribution in [0.25, 0.3) is 0 Å². The summed E-state index contributed by atoms with van der Waals surface area (Å²) in [6.45, 7) is 7.63. The molecule has 0 saturated carbocycles. The molecule has 1 aliphatic rings. The van der Waals surface area contributed by atoms with E-state index in [1.807, 2.05) is 11.8 Å². The molecule has 16 heavy (non-hydrogen) atoms. The monoisotopic (exact) mass is 227 g/mol. The lowest BCUT2D eigenvalue weighted by molar-refractivity contribution is -0.132. The molecule has 3 heteroatoms. The summed E-state index contributed by atoms with van der Waals surface area (Å²) in [4.78, 5) is 13.7. The first kappa shape index (κ1) is 13.5. The molecule has 3 unspecified atom stereocenters. The lowest BCUT2D eigenvalue weighted by atomic mass is 10.0. The summed E-state index contributed by atoms with van der Waals surface area (Å²) in [5, 5.41) is 9.95. The number of rotatable bonds is 4. The van der Waals surface area contributed by atoms with Gasteiger partial charge in [-0.25, -0.2) is 0 Å². The maximum Gasteiger partial charge on any atom is 0.222 e. The van der Waals surface area contributed by atoms with Gasteiger partial charge >= 0.3 is 0 Å². The summed E-state index contributed by atoms with van der Waals surface area (Å²) in [5.74, 6) is 1.12. The molecule has 0 spiro atoms. The fourth-order valence-corrected chi connectivity index (χ4v) is 2.04. The Bertz CT molecular complexity index is 230. The van der Waals surface area contributed by atoms with Crippen molar-refractivity contribution in [3.05, 3.63) is 0 Å². The van der Waals surface area contributed by atoms with Crippen LogP contribution in [-0.2, 0) is 4.79 Å². The molecular formula is C13H25NO2. The number of amides is 1. The van der Waals surface area contributed by atoms with Gasteiger partial charge in [0.25, 0.3) is 0 Å². The fraction of sp³-hybridized carbons (Fsp3) is 0.923. The molecule has 94 valence electrons. The number of carbonyl (C=O) groups excluding carboxylic acids is 1. The highest BCUT2D eigenvalue weighted by Crippen LogP contribution is 2.19. The van der Waals surface area contributed by atoms with Crippen LogP contribution < -0.4 is 0 Å². The molecule has 1 N–H and O–H groups in total. The number of aliphatic hydroxyl groups excluding tert-OH is 1. The van der Waals surface area contributed by atoms with Crippen LogP contribution in [0.5, 0.6) is 0 Å². The lowest BCUT2D eigenvalue weighted by Gasteiger charge is -2.26. The number of nitrogens with zero attached hydrogens (tertiary/aromatic N) is 1. The van der Waals surface area contributed by atoms with E-state index in [1.165, 1.54) is 0 Å². The van der Waals surface area contributed by atoms with Gasteiger partial charge in [0.1, 0.15) is 0 Å². The van der Waals surface area contributed by atoms with Crippen LogP contribution in [0.1, 0.15) is 46.5 Å². The molecule has 0 radical (unpaired) electrons. The highest BCUT2D eigenvalue weighted by molar-refractivity contribution is 5.76. The van der Waals surface area contributed by atoms with Gasteiger partial charge in [-0.05, 0) is 24.7 Å². The van der Waals surface area contributed by atoms with E-state index >= 15 is 0 Å². The predicted molar refractivity (Wildman–Crippen MR) is 65.1 cm³/mol. The average Bonchev–Trinajstić information content (AvgIpc) is 2.43. The van der Waals surface area contributed by atoms with E-state index in [0.29, 0.717) is 18.9 Å². The first-order chi connectivity index (χ1) is 7.54. The van der Waals surface area contributed by atoms with E-state index in [1.54, 1.807) is 0 Å². The third-order valence-corrected chi connectivity index (χ3v) is 3.80. The van der Waals surface area contributed by atoms with Crippen molar-refractivity contribution in [3.63, 3.8) is 0 Å². The predicted octanol–water partition coefficient (Wildman–Crippen LogP) is 2.04. The van der Waals surface area contributed by atoms with Crippen LogP contribution >= 0.6 is 0 Å². The number of likely N-dealkylation sites (tertiary alicyclic amines) is 1. The van der Waals surface area contributed by atoms with Crippen molar-refractivity contribution < 1.29 is 9.90 Å². The third kappa shape index (κ3) is 3.78. The van der Waals surface area contributed by atoms with E-state index in [2.05, 4.69) is 13.8 Å². The quantitative estimate of drug-likeness (QED) is 0.798. The van der Waals surface area contributed by atoms with Crippen LogP contribution in [0.15, 0.2) is 0 Å². The minimum absolute atomic E-state index is 0.215. The van der Waals surface area contributed by atoms with Crippen LogP contribution in [0.2, 0.25) is 0 Å². The van der Waals surface area contributed by atoms with Gasteiger partial charge in [0.2, 0.25) is 5.91 Å². The molecule has 0 aromatic carbocycles. The highest BCUT2D eigenvalue weighted by Gasteiger charge is 2.23. The molecule has 1 heterocycles. The molecule has 1 saturated heterocycles. The van der Waals surface area contributed by atoms with Crippen LogP contribution in [0.3, 0.4) is 0 Å². The van der Waals surface area contributed by atoms with Gasteiger partial charge < -0.3 is 10.0 Å². The van der Waals surface area contributed by atoms with E-state index in [4.69, 9.17) is 0 Å². The lowest BCUT2D eigenvalue weighted by Crippen LogP contribution is -2.39. The average molecular weight is 227 g/mol. The van der Waals surface area contributed by atoms with Crippen molar-refractivity contribution in [3.8, 4) is 0 Å². The largest absolute Gasteiger partial charge is 0.391 e. The maximum atomic E-state index is 11.8. The fourth-order valence-electron chi connectivity index (χ4n) is 2.04. The van der Waals surface area contributed by atoms with Crippen molar-refractivity contribution in [2.75, 3.05) is 13.1 Å². The second-order valence-electron chi connectivity index (χ2n) is 5.23. The zero-order valence-electron chi connectivity index (χ0n) is 10.8. The number of carbonyl (C=O) groups is 1. The Morgan fingerprint density at radius 1 is 1.50 bits per heavy atom. The Labute approximate surface area is 98.8 Å². The van der Waals surface area contributed by atoms with Gasteiger partial charge in [0.05, 0.1) is 6.10 Å².